The van der Waals surface area contributed by atoms with Crippen LogP contribution in [0.4, 0.5) is 5.69 Å². The van der Waals surface area contributed by atoms with Crippen molar-refractivity contribution < 1.29 is 4.79 Å². The van der Waals surface area contributed by atoms with Crippen molar-refractivity contribution in [3.63, 3.8) is 0 Å². The number of carbonyl (C=O) groups is 1. The van der Waals surface area contributed by atoms with Gasteiger partial charge in [-0.25, -0.2) is 4.98 Å². The number of hydrogen-bond donors (Lipinski definition) is 1. The lowest BCUT2D eigenvalue weighted by Gasteiger charge is -2.45. The summed E-state index contributed by atoms with van der Waals surface area (Å²) in [5.41, 5.74) is 4.13. The first-order valence-corrected chi connectivity index (χ1v) is 7.99. The molecule has 0 aromatic carbocycles. The molecule has 0 unspecified atom stereocenters. The highest BCUT2D eigenvalue weighted by Gasteiger charge is 2.31. The molecular formula is C18H19N5O. The van der Waals surface area contributed by atoms with Crippen LogP contribution in [0.5, 0.6) is 0 Å². The van der Waals surface area contributed by atoms with Gasteiger partial charge in [0, 0.05) is 62.2 Å². The summed E-state index contributed by atoms with van der Waals surface area (Å²) in [5, 5.41) is 1.09. The summed E-state index contributed by atoms with van der Waals surface area (Å²) in [6.45, 7) is 3.29. The molecule has 24 heavy (non-hydrogen) atoms. The molecule has 3 aromatic heterocycles. The van der Waals surface area contributed by atoms with E-state index < -0.39 is 0 Å². The highest BCUT2D eigenvalue weighted by atomic mass is 16.2. The van der Waals surface area contributed by atoms with E-state index in [1.54, 1.807) is 18.0 Å². The number of aromatic nitrogens is 3. The fourth-order valence-corrected chi connectivity index (χ4v) is 3.09. The third kappa shape index (κ3) is 2.40. The van der Waals surface area contributed by atoms with Crippen molar-refractivity contribution in [1.82, 2.24) is 19.9 Å². The normalized spacial score (nSPS) is 14.7. The van der Waals surface area contributed by atoms with Crippen LogP contribution < -0.4 is 4.90 Å². The number of nitrogens with zero attached hydrogens (tertiary/aromatic N) is 4. The summed E-state index contributed by atoms with van der Waals surface area (Å²) in [5.74, 6) is 0.109. The average molecular weight is 321 g/mol. The van der Waals surface area contributed by atoms with Crippen LogP contribution in [-0.2, 0) is 4.79 Å². The number of nitrogens with one attached hydrogen (secondary N) is 1. The van der Waals surface area contributed by atoms with Crippen LogP contribution in [0.1, 0.15) is 6.92 Å². The second kappa shape index (κ2) is 5.63. The van der Waals surface area contributed by atoms with Crippen molar-refractivity contribution in [1.29, 1.82) is 0 Å². The van der Waals surface area contributed by atoms with Crippen LogP contribution in [0, 0.1) is 0 Å². The molecule has 4 heterocycles. The lowest BCUT2D eigenvalue weighted by molar-refractivity contribution is -0.130. The van der Waals surface area contributed by atoms with E-state index in [1.807, 2.05) is 37.8 Å². The fourth-order valence-electron chi connectivity index (χ4n) is 3.09. The maximum absolute atomic E-state index is 11.4. The predicted molar refractivity (Wildman–Crippen MR) is 93.8 cm³/mol. The molecule has 0 atom stereocenters. The number of H-pyrrole nitrogens is 1. The number of likely N-dealkylation sites (N-methyl/N-ethyl adjacent to an activating group) is 1. The molecule has 1 N–H and O–H groups in total. The summed E-state index contributed by atoms with van der Waals surface area (Å²) < 4.78 is 0. The molecule has 0 saturated carbocycles. The Hall–Kier alpha value is -2.89. The lowest BCUT2D eigenvalue weighted by atomic mass is 10.0. The van der Waals surface area contributed by atoms with E-state index in [1.165, 1.54) is 0 Å². The van der Waals surface area contributed by atoms with Gasteiger partial charge in [-0.3, -0.25) is 9.78 Å². The molecule has 6 nitrogen and oxygen atoms in total. The maximum Gasteiger partial charge on any atom is 0.219 e. The summed E-state index contributed by atoms with van der Waals surface area (Å²) in [6.07, 6.45) is 7.49. The second-order valence-corrected chi connectivity index (χ2v) is 6.22. The third-order valence-corrected chi connectivity index (χ3v) is 4.76. The standard InChI is InChI=1S/C18H19N5O/c1-12(24)22(2)15-10-23(11-15)14-6-16-17(9-21-18(16)20-8-14)13-4-3-5-19-7-13/h3-9,15H,10-11H2,1-2H3,(H,20,21). The van der Waals surface area contributed by atoms with Gasteiger partial charge in [-0.15, -0.1) is 0 Å². The third-order valence-electron chi connectivity index (χ3n) is 4.76. The minimum atomic E-state index is 0.109. The number of rotatable bonds is 3. The number of aromatic amines is 1. The maximum atomic E-state index is 11.4. The molecule has 4 rings (SSSR count). The molecule has 1 fully saturated rings. The Balaban J connectivity index is 1.61. The first-order valence-electron chi connectivity index (χ1n) is 7.99. The highest BCUT2D eigenvalue weighted by Crippen LogP contribution is 2.31. The highest BCUT2D eigenvalue weighted by molar-refractivity contribution is 5.95. The van der Waals surface area contributed by atoms with Crippen LogP contribution in [0.15, 0.2) is 43.0 Å². The van der Waals surface area contributed by atoms with Gasteiger partial charge in [0.25, 0.3) is 0 Å². The van der Waals surface area contributed by atoms with E-state index in [9.17, 15) is 4.79 Å². The van der Waals surface area contributed by atoms with E-state index >= 15 is 0 Å². The molecule has 0 bridgehead atoms. The number of fused-ring (bicyclic) bond motifs is 1. The number of hydrogen-bond acceptors (Lipinski definition) is 4. The van der Waals surface area contributed by atoms with Gasteiger partial charge in [0.1, 0.15) is 5.65 Å². The largest absolute Gasteiger partial charge is 0.366 e. The molecule has 0 radical (unpaired) electrons. The quantitative estimate of drug-likeness (QED) is 0.804. The summed E-state index contributed by atoms with van der Waals surface area (Å²) in [4.78, 5) is 27.5. The zero-order chi connectivity index (χ0) is 16.7. The van der Waals surface area contributed by atoms with Crippen molar-refractivity contribution in [2.45, 2.75) is 13.0 Å². The minimum Gasteiger partial charge on any atom is -0.366 e. The predicted octanol–water partition coefficient (Wildman–Crippen LogP) is 2.29. The second-order valence-electron chi connectivity index (χ2n) is 6.22. The number of amides is 1. The van der Waals surface area contributed by atoms with Gasteiger partial charge >= 0.3 is 0 Å². The van der Waals surface area contributed by atoms with E-state index in [-0.39, 0.29) is 11.9 Å². The topological polar surface area (TPSA) is 65.1 Å². The van der Waals surface area contributed by atoms with E-state index in [2.05, 4.69) is 25.9 Å². The van der Waals surface area contributed by atoms with Crippen LogP contribution in [0.3, 0.4) is 0 Å². The Labute approximate surface area is 140 Å². The van der Waals surface area contributed by atoms with Crippen LogP contribution in [-0.4, -0.2) is 51.9 Å². The molecule has 1 saturated heterocycles. The molecule has 1 aliphatic heterocycles. The van der Waals surface area contributed by atoms with Gasteiger partial charge in [0.05, 0.1) is 17.9 Å². The van der Waals surface area contributed by atoms with Crippen molar-refractivity contribution in [3.05, 3.63) is 43.0 Å². The van der Waals surface area contributed by atoms with Gasteiger partial charge in [0.15, 0.2) is 0 Å². The Morgan fingerprint density at radius 3 is 2.92 bits per heavy atom. The summed E-state index contributed by atoms with van der Waals surface area (Å²) in [6, 6.07) is 6.42. The molecular weight excluding hydrogens is 302 g/mol. The van der Waals surface area contributed by atoms with Crippen LogP contribution >= 0.6 is 0 Å². The van der Waals surface area contributed by atoms with Crippen LogP contribution in [0.2, 0.25) is 0 Å². The Morgan fingerprint density at radius 1 is 1.38 bits per heavy atom. The SMILES string of the molecule is CC(=O)N(C)C1CN(c2cnc3[nH]cc(-c4cccnc4)c3c2)C1. The first kappa shape index (κ1) is 14.7. The molecule has 0 spiro atoms. The van der Waals surface area contributed by atoms with Crippen molar-refractivity contribution >= 4 is 22.6 Å². The zero-order valence-corrected chi connectivity index (χ0v) is 13.7. The van der Waals surface area contributed by atoms with E-state index in [4.69, 9.17) is 0 Å². The van der Waals surface area contributed by atoms with E-state index in [0.717, 1.165) is 40.9 Å². The molecule has 0 aliphatic carbocycles. The molecule has 1 amide bonds. The molecule has 6 heteroatoms. The number of pyridine rings is 2. The monoisotopic (exact) mass is 321 g/mol. The lowest BCUT2D eigenvalue weighted by Crippen LogP contribution is -2.59. The number of carbonyl (C=O) groups excluding carboxylic acids is 1. The van der Waals surface area contributed by atoms with Gasteiger partial charge < -0.3 is 14.8 Å². The van der Waals surface area contributed by atoms with E-state index in [0.29, 0.717) is 0 Å². The Kier molecular flexibility index (Phi) is 3.45. The summed E-state index contributed by atoms with van der Waals surface area (Å²) >= 11 is 0. The molecule has 3 aromatic rings. The summed E-state index contributed by atoms with van der Waals surface area (Å²) in [7, 11) is 1.86. The van der Waals surface area contributed by atoms with Gasteiger partial charge in [-0.1, -0.05) is 6.07 Å². The van der Waals surface area contributed by atoms with Gasteiger partial charge in [-0.05, 0) is 12.1 Å². The van der Waals surface area contributed by atoms with Gasteiger partial charge in [0.2, 0.25) is 5.91 Å². The first-order chi connectivity index (χ1) is 11.6. The molecule has 1 aliphatic rings. The van der Waals surface area contributed by atoms with Crippen molar-refractivity contribution in [2.24, 2.45) is 0 Å². The smallest absolute Gasteiger partial charge is 0.219 e. The van der Waals surface area contributed by atoms with Crippen LogP contribution in [0.25, 0.3) is 22.2 Å². The van der Waals surface area contributed by atoms with Crippen molar-refractivity contribution in [3.8, 4) is 11.1 Å². The zero-order valence-electron chi connectivity index (χ0n) is 13.7. The Morgan fingerprint density at radius 2 is 2.21 bits per heavy atom. The van der Waals surface area contributed by atoms with Crippen molar-refractivity contribution in [2.75, 3.05) is 25.0 Å². The number of anilines is 1. The average Bonchev–Trinajstić information content (AvgIpc) is 2.97. The fraction of sp³-hybridized carbons (Fsp3) is 0.278. The molecule has 122 valence electrons. The van der Waals surface area contributed by atoms with Gasteiger partial charge in [-0.2, -0.15) is 0 Å². The Bertz CT molecular complexity index is 883. The minimum absolute atomic E-state index is 0.109.